The van der Waals surface area contributed by atoms with Gasteiger partial charge in [-0.1, -0.05) is 78.9 Å². The van der Waals surface area contributed by atoms with Crippen molar-refractivity contribution in [3.05, 3.63) is 96.1 Å². The van der Waals surface area contributed by atoms with E-state index in [4.69, 9.17) is 5.73 Å². The van der Waals surface area contributed by atoms with Crippen molar-refractivity contribution in [3.63, 3.8) is 0 Å². The third-order valence-electron chi connectivity index (χ3n) is 7.59. The summed E-state index contributed by atoms with van der Waals surface area (Å²) in [6, 6.07) is 23.7. The molecule has 3 N–H and O–H groups in total. The number of carbonyl (C=O) groups is 2. The second kappa shape index (κ2) is 13.6. The van der Waals surface area contributed by atoms with Gasteiger partial charge in [0.25, 0.3) is 0 Å². The van der Waals surface area contributed by atoms with Crippen LogP contribution in [-0.4, -0.2) is 73.5 Å². The standard InChI is InChI=1S/C33H42N4O4S/c1-33(2,34)17-9-14-31(38)35-23-29(21-26-15-16-27-12-7-8-13-28(27)20-26)32(39)37-19-18-36(42(3,40)41)24-30(37)22-25-10-5-4-6-11-25/h4-16,20,29-30H,17-19,21-24,34H2,1-3H3,(H,35,38)/t29-,30-/m1/s1. The molecular formula is C33H42N4O4S. The van der Waals surface area contributed by atoms with E-state index in [0.717, 1.165) is 21.9 Å². The van der Waals surface area contributed by atoms with E-state index in [1.54, 1.807) is 6.08 Å². The van der Waals surface area contributed by atoms with Gasteiger partial charge in [-0.3, -0.25) is 9.59 Å². The zero-order valence-corrected chi connectivity index (χ0v) is 25.5. The Labute approximate surface area is 249 Å². The lowest BCUT2D eigenvalue weighted by Gasteiger charge is -2.42. The maximum Gasteiger partial charge on any atom is 0.243 e. The van der Waals surface area contributed by atoms with E-state index < -0.39 is 21.5 Å². The fraction of sp³-hybridized carbons (Fsp3) is 0.394. The number of nitrogens with two attached hydrogens (primary N) is 1. The lowest BCUT2D eigenvalue weighted by molar-refractivity contribution is -0.139. The number of piperazine rings is 1. The van der Waals surface area contributed by atoms with Gasteiger partial charge < -0.3 is 16.0 Å². The summed E-state index contributed by atoms with van der Waals surface area (Å²) in [6.45, 7) is 4.70. The summed E-state index contributed by atoms with van der Waals surface area (Å²) < 4.78 is 26.3. The minimum atomic E-state index is -3.41. The van der Waals surface area contributed by atoms with Crippen LogP contribution in [0.3, 0.4) is 0 Å². The van der Waals surface area contributed by atoms with Gasteiger partial charge >= 0.3 is 0 Å². The Kier molecular flexibility index (Phi) is 10.2. The normalized spacial score (nSPS) is 17.4. The predicted molar refractivity (Wildman–Crippen MR) is 168 cm³/mol. The molecule has 1 saturated heterocycles. The van der Waals surface area contributed by atoms with Crippen molar-refractivity contribution in [2.45, 2.75) is 44.7 Å². The number of sulfonamides is 1. The largest absolute Gasteiger partial charge is 0.352 e. The van der Waals surface area contributed by atoms with Crippen LogP contribution < -0.4 is 11.1 Å². The van der Waals surface area contributed by atoms with Crippen LogP contribution in [-0.2, 0) is 32.5 Å². The highest BCUT2D eigenvalue weighted by Crippen LogP contribution is 2.23. The van der Waals surface area contributed by atoms with Crippen LogP contribution in [0.15, 0.2) is 84.9 Å². The van der Waals surface area contributed by atoms with E-state index in [0.29, 0.717) is 19.3 Å². The van der Waals surface area contributed by atoms with Gasteiger partial charge in [0.2, 0.25) is 21.8 Å². The summed E-state index contributed by atoms with van der Waals surface area (Å²) in [6.07, 6.45) is 5.94. The van der Waals surface area contributed by atoms with Gasteiger partial charge in [-0.15, -0.1) is 0 Å². The molecule has 1 fully saturated rings. The van der Waals surface area contributed by atoms with Crippen LogP contribution in [0, 0.1) is 5.92 Å². The van der Waals surface area contributed by atoms with Crippen LogP contribution in [0.4, 0.5) is 0 Å². The van der Waals surface area contributed by atoms with E-state index in [2.05, 4.69) is 11.4 Å². The van der Waals surface area contributed by atoms with Crippen molar-refractivity contribution in [1.82, 2.24) is 14.5 Å². The molecule has 4 rings (SSSR count). The van der Waals surface area contributed by atoms with E-state index in [-0.39, 0.29) is 44.0 Å². The van der Waals surface area contributed by atoms with Crippen molar-refractivity contribution >= 4 is 32.6 Å². The summed E-state index contributed by atoms with van der Waals surface area (Å²) in [7, 11) is -3.41. The van der Waals surface area contributed by atoms with E-state index in [1.165, 1.54) is 16.6 Å². The van der Waals surface area contributed by atoms with Gasteiger partial charge in [-0.25, -0.2) is 8.42 Å². The lowest BCUT2D eigenvalue weighted by atomic mass is 9.94. The first-order chi connectivity index (χ1) is 19.9. The lowest BCUT2D eigenvalue weighted by Crippen LogP contribution is -2.59. The monoisotopic (exact) mass is 590 g/mol. The molecule has 1 aliphatic rings. The smallest absolute Gasteiger partial charge is 0.243 e. The average molecular weight is 591 g/mol. The van der Waals surface area contributed by atoms with Crippen LogP contribution in [0.1, 0.15) is 31.4 Å². The zero-order chi connectivity index (χ0) is 30.3. The molecule has 42 heavy (non-hydrogen) atoms. The summed E-state index contributed by atoms with van der Waals surface area (Å²) in [5, 5.41) is 5.12. The molecule has 9 heteroatoms. The molecule has 0 aromatic heterocycles. The number of fused-ring (bicyclic) bond motifs is 1. The van der Waals surface area contributed by atoms with Gasteiger partial charge in [-0.2, -0.15) is 4.31 Å². The minimum Gasteiger partial charge on any atom is -0.352 e. The highest BCUT2D eigenvalue weighted by atomic mass is 32.2. The predicted octanol–water partition coefficient (Wildman–Crippen LogP) is 3.51. The van der Waals surface area contributed by atoms with Crippen LogP contribution in [0.25, 0.3) is 10.8 Å². The Balaban J connectivity index is 1.58. The van der Waals surface area contributed by atoms with Gasteiger partial charge in [0.15, 0.2) is 0 Å². The van der Waals surface area contributed by atoms with Crippen molar-refractivity contribution in [1.29, 1.82) is 0 Å². The van der Waals surface area contributed by atoms with E-state index in [9.17, 15) is 18.0 Å². The summed E-state index contributed by atoms with van der Waals surface area (Å²) in [4.78, 5) is 28.8. The molecule has 1 aliphatic heterocycles. The molecule has 0 spiro atoms. The molecular weight excluding hydrogens is 548 g/mol. The van der Waals surface area contributed by atoms with Crippen molar-refractivity contribution in [2.75, 3.05) is 32.4 Å². The van der Waals surface area contributed by atoms with Crippen LogP contribution >= 0.6 is 0 Å². The van der Waals surface area contributed by atoms with Crippen LogP contribution in [0.5, 0.6) is 0 Å². The van der Waals surface area contributed by atoms with E-state index >= 15 is 0 Å². The molecule has 224 valence electrons. The molecule has 1 heterocycles. The maximum absolute atomic E-state index is 14.3. The number of hydrogen-bond acceptors (Lipinski definition) is 5. The molecule has 3 aromatic carbocycles. The maximum atomic E-state index is 14.3. The number of hydrogen-bond donors (Lipinski definition) is 2. The molecule has 2 amide bonds. The molecule has 2 atom stereocenters. The zero-order valence-electron chi connectivity index (χ0n) is 24.7. The number of amides is 2. The third-order valence-corrected chi connectivity index (χ3v) is 8.86. The number of rotatable bonds is 11. The van der Waals surface area contributed by atoms with Crippen LogP contribution in [0.2, 0.25) is 0 Å². The molecule has 0 saturated carbocycles. The number of carbonyl (C=O) groups excluding carboxylic acids is 2. The highest BCUT2D eigenvalue weighted by molar-refractivity contribution is 7.88. The molecule has 8 nitrogen and oxygen atoms in total. The Hall–Kier alpha value is -3.53. The quantitative estimate of drug-likeness (QED) is 0.332. The number of nitrogens with zero attached hydrogens (tertiary/aromatic N) is 2. The first-order valence-electron chi connectivity index (χ1n) is 14.4. The fourth-order valence-corrected chi connectivity index (χ4v) is 6.22. The molecule has 0 unspecified atom stereocenters. The van der Waals surface area contributed by atoms with Crippen molar-refractivity contribution < 1.29 is 18.0 Å². The van der Waals surface area contributed by atoms with Gasteiger partial charge in [0.05, 0.1) is 12.2 Å². The van der Waals surface area contributed by atoms with E-state index in [1.807, 2.05) is 85.5 Å². The third kappa shape index (κ3) is 8.98. The van der Waals surface area contributed by atoms with Gasteiger partial charge in [-0.05, 0) is 61.1 Å². The molecule has 0 radical (unpaired) electrons. The van der Waals surface area contributed by atoms with Crippen molar-refractivity contribution in [2.24, 2.45) is 11.7 Å². The Morgan fingerprint density at radius 2 is 1.69 bits per heavy atom. The summed E-state index contributed by atoms with van der Waals surface area (Å²) in [5.74, 6) is -0.902. The number of benzene rings is 3. The van der Waals surface area contributed by atoms with Gasteiger partial charge in [0, 0.05) is 37.8 Å². The Morgan fingerprint density at radius 1 is 1.00 bits per heavy atom. The van der Waals surface area contributed by atoms with Gasteiger partial charge in [0.1, 0.15) is 0 Å². The first-order valence-corrected chi connectivity index (χ1v) is 16.2. The average Bonchev–Trinajstić information content (AvgIpc) is 2.94. The fourth-order valence-electron chi connectivity index (χ4n) is 5.36. The highest BCUT2D eigenvalue weighted by Gasteiger charge is 2.36. The second-order valence-electron chi connectivity index (χ2n) is 11.9. The summed E-state index contributed by atoms with van der Waals surface area (Å²) >= 11 is 0. The SMILES string of the molecule is CC(C)(N)CC=CC(=O)NC[C@@H](Cc1ccc2ccccc2c1)C(=O)N1CCN(S(C)(=O)=O)C[C@H]1Cc1ccccc1. The Bertz CT molecular complexity index is 1520. The first kappa shape index (κ1) is 31.4. The topological polar surface area (TPSA) is 113 Å². The second-order valence-corrected chi connectivity index (χ2v) is 13.9. The van der Waals surface area contributed by atoms with Crippen molar-refractivity contribution in [3.8, 4) is 0 Å². The molecule has 3 aromatic rings. The number of nitrogens with one attached hydrogen (secondary N) is 1. The Morgan fingerprint density at radius 3 is 2.38 bits per heavy atom. The minimum absolute atomic E-state index is 0.0930. The molecule has 0 bridgehead atoms. The molecule has 0 aliphatic carbocycles. The summed E-state index contributed by atoms with van der Waals surface area (Å²) in [5.41, 5.74) is 7.63.